The van der Waals surface area contributed by atoms with Crippen LogP contribution in [-0.2, 0) is 14.6 Å². The minimum absolute atomic E-state index is 0.101. The van der Waals surface area contributed by atoms with Crippen LogP contribution in [0, 0.1) is 6.92 Å². The highest BCUT2D eigenvalue weighted by Crippen LogP contribution is 2.24. The third-order valence-electron chi connectivity index (χ3n) is 3.66. The van der Waals surface area contributed by atoms with E-state index in [2.05, 4.69) is 10.6 Å². The van der Waals surface area contributed by atoms with Crippen LogP contribution >= 0.6 is 0 Å². The molecule has 9 heteroatoms. The van der Waals surface area contributed by atoms with Gasteiger partial charge in [-0.25, -0.2) is 8.42 Å². The second kappa shape index (κ2) is 8.43. The van der Waals surface area contributed by atoms with Crippen LogP contribution in [-0.4, -0.2) is 32.8 Å². The molecule has 0 heterocycles. The molecule has 5 nitrogen and oxygen atoms in total. The molecule has 2 aromatic carbocycles. The van der Waals surface area contributed by atoms with Crippen molar-refractivity contribution >= 4 is 27.1 Å². The molecular formula is C18H19F3N2O3S. The first-order chi connectivity index (χ1) is 12.6. The summed E-state index contributed by atoms with van der Waals surface area (Å²) < 4.78 is 61.6. The fourth-order valence-corrected chi connectivity index (χ4v) is 3.49. The number of sulfone groups is 1. The molecule has 27 heavy (non-hydrogen) atoms. The van der Waals surface area contributed by atoms with E-state index in [1.807, 2.05) is 6.92 Å². The number of carbonyl (C=O) groups excluding carboxylic acids is 1. The second-order valence-electron chi connectivity index (χ2n) is 5.94. The zero-order valence-electron chi connectivity index (χ0n) is 14.5. The van der Waals surface area contributed by atoms with E-state index < -0.39 is 34.2 Å². The predicted molar refractivity (Wildman–Crippen MR) is 97.5 cm³/mol. The monoisotopic (exact) mass is 400 g/mol. The van der Waals surface area contributed by atoms with Crippen molar-refractivity contribution in [1.82, 2.24) is 0 Å². The van der Waals surface area contributed by atoms with Gasteiger partial charge in [0.15, 0.2) is 9.84 Å². The van der Waals surface area contributed by atoms with E-state index in [1.54, 1.807) is 18.2 Å². The van der Waals surface area contributed by atoms with Crippen LogP contribution in [0.3, 0.4) is 0 Å². The topological polar surface area (TPSA) is 75.3 Å². The number of nitrogens with one attached hydrogen (secondary N) is 2. The van der Waals surface area contributed by atoms with E-state index in [-0.39, 0.29) is 22.7 Å². The van der Waals surface area contributed by atoms with Crippen LogP contribution in [0.25, 0.3) is 0 Å². The van der Waals surface area contributed by atoms with Crippen LogP contribution in [0.15, 0.2) is 53.4 Å². The molecule has 0 unspecified atom stereocenters. The lowest BCUT2D eigenvalue weighted by atomic mass is 10.2. The molecular weight excluding hydrogens is 381 g/mol. The van der Waals surface area contributed by atoms with Crippen molar-refractivity contribution in [3.8, 4) is 0 Å². The highest BCUT2D eigenvalue weighted by molar-refractivity contribution is 7.91. The van der Waals surface area contributed by atoms with Crippen molar-refractivity contribution in [3.63, 3.8) is 0 Å². The summed E-state index contributed by atoms with van der Waals surface area (Å²) >= 11 is 0. The van der Waals surface area contributed by atoms with Crippen LogP contribution in [0.1, 0.15) is 12.0 Å². The number of rotatable bonds is 7. The number of hydrogen-bond donors (Lipinski definition) is 2. The predicted octanol–water partition coefficient (Wildman–Crippen LogP) is 3.77. The lowest BCUT2D eigenvalue weighted by molar-refractivity contribution is -0.116. The Kier molecular flexibility index (Phi) is 6.48. The number of para-hydroxylation sites is 2. The maximum Gasteiger partial charge on any atom is 0.405 e. The van der Waals surface area contributed by atoms with Crippen molar-refractivity contribution in [1.29, 1.82) is 0 Å². The molecule has 2 rings (SSSR count). The maximum atomic E-state index is 12.4. The number of alkyl halides is 3. The van der Waals surface area contributed by atoms with Gasteiger partial charge in [0.1, 0.15) is 6.54 Å². The first kappa shape index (κ1) is 20.8. The minimum Gasteiger partial charge on any atom is -0.375 e. The fourth-order valence-electron chi connectivity index (χ4n) is 2.24. The van der Waals surface area contributed by atoms with Gasteiger partial charge >= 0.3 is 6.18 Å². The van der Waals surface area contributed by atoms with Crippen LogP contribution in [0.4, 0.5) is 24.5 Å². The second-order valence-corrected chi connectivity index (χ2v) is 8.05. The van der Waals surface area contributed by atoms with Crippen LogP contribution in [0.5, 0.6) is 0 Å². The molecule has 0 atom stereocenters. The van der Waals surface area contributed by atoms with E-state index in [4.69, 9.17) is 0 Å². The summed E-state index contributed by atoms with van der Waals surface area (Å²) in [6.07, 6.45) is -4.72. The molecule has 146 valence electrons. The normalized spacial score (nSPS) is 11.9. The van der Waals surface area contributed by atoms with Crippen molar-refractivity contribution in [2.45, 2.75) is 24.4 Å². The fraction of sp³-hybridized carbons (Fsp3) is 0.278. The molecule has 0 fully saturated rings. The Morgan fingerprint density at radius 3 is 2.19 bits per heavy atom. The van der Waals surface area contributed by atoms with Gasteiger partial charge in [-0.15, -0.1) is 0 Å². The number of anilines is 2. The molecule has 2 aromatic rings. The first-order valence-corrected chi connectivity index (χ1v) is 9.71. The van der Waals surface area contributed by atoms with Crippen molar-refractivity contribution in [2.75, 3.05) is 22.9 Å². The molecule has 2 N–H and O–H groups in total. The van der Waals surface area contributed by atoms with Crippen molar-refractivity contribution in [3.05, 3.63) is 54.1 Å². The minimum atomic E-state index is -4.40. The van der Waals surface area contributed by atoms with E-state index >= 15 is 0 Å². The Morgan fingerprint density at radius 1 is 1.00 bits per heavy atom. The third-order valence-corrected chi connectivity index (χ3v) is 5.39. The summed E-state index contributed by atoms with van der Waals surface area (Å²) in [6.45, 7) is 0.579. The van der Waals surface area contributed by atoms with Gasteiger partial charge in [-0.1, -0.05) is 29.8 Å². The lowest BCUT2D eigenvalue weighted by Crippen LogP contribution is -2.23. The average Bonchev–Trinajstić information content (AvgIpc) is 2.59. The summed E-state index contributed by atoms with van der Waals surface area (Å²) in [4.78, 5) is 12.2. The van der Waals surface area contributed by atoms with Crippen LogP contribution < -0.4 is 10.6 Å². The third kappa shape index (κ3) is 6.59. The van der Waals surface area contributed by atoms with Gasteiger partial charge in [0.2, 0.25) is 5.91 Å². The molecule has 0 radical (unpaired) electrons. The average molecular weight is 400 g/mol. The number of halogens is 3. The highest BCUT2D eigenvalue weighted by Gasteiger charge is 2.27. The molecule has 0 bridgehead atoms. The number of carbonyl (C=O) groups is 1. The van der Waals surface area contributed by atoms with Gasteiger partial charge in [-0.2, -0.15) is 13.2 Å². The number of benzene rings is 2. The van der Waals surface area contributed by atoms with Crippen molar-refractivity contribution in [2.24, 2.45) is 0 Å². The standard InChI is InChI=1S/C18H19F3N2O3S/c1-13-6-8-14(9-7-13)27(25,26)11-10-17(24)23-16-5-3-2-4-15(16)22-12-18(19,20)21/h2-9,22H,10-12H2,1H3,(H,23,24). The quantitative estimate of drug-likeness (QED) is 0.742. The zero-order chi connectivity index (χ0) is 20.1. The zero-order valence-corrected chi connectivity index (χ0v) is 15.3. The van der Waals surface area contributed by atoms with Gasteiger partial charge in [-0.3, -0.25) is 4.79 Å². The molecule has 1 amide bonds. The Labute approximate surface area is 155 Å². The van der Waals surface area contributed by atoms with E-state index in [9.17, 15) is 26.4 Å². The molecule has 0 saturated heterocycles. The maximum absolute atomic E-state index is 12.4. The van der Waals surface area contributed by atoms with E-state index in [0.29, 0.717) is 0 Å². The number of hydrogen-bond acceptors (Lipinski definition) is 4. The first-order valence-electron chi connectivity index (χ1n) is 8.06. The Morgan fingerprint density at radius 2 is 1.59 bits per heavy atom. The SMILES string of the molecule is Cc1ccc(S(=O)(=O)CCC(=O)Nc2ccccc2NCC(F)(F)F)cc1. The Balaban J connectivity index is 1.99. The molecule has 0 aliphatic heterocycles. The molecule has 0 aliphatic rings. The molecule has 0 saturated carbocycles. The van der Waals surface area contributed by atoms with Crippen LogP contribution in [0.2, 0.25) is 0 Å². The van der Waals surface area contributed by atoms with Gasteiger partial charge in [0.05, 0.1) is 22.0 Å². The van der Waals surface area contributed by atoms with Gasteiger partial charge in [0.25, 0.3) is 0 Å². The number of aryl methyl sites for hydroxylation is 1. The summed E-state index contributed by atoms with van der Waals surface area (Å²) in [5, 5.41) is 4.65. The smallest absolute Gasteiger partial charge is 0.375 e. The summed E-state index contributed by atoms with van der Waals surface area (Å²) in [5.74, 6) is -1.01. The molecule has 0 spiro atoms. The van der Waals surface area contributed by atoms with Gasteiger partial charge in [-0.05, 0) is 31.2 Å². The Hall–Kier alpha value is -2.55. The summed E-state index contributed by atoms with van der Waals surface area (Å²) in [5.41, 5.74) is 1.17. The molecule has 0 aliphatic carbocycles. The van der Waals surface area contributed by atoms with E-state index in [0.717, 1.165) is 5.56 Å². The van der Waals surface area contributed by atoms with Crippen molar-refractivity contribution < 1.29 is 26.4 Å². The highest BCUT2D eigenvalue weighted by atomic mass is 32.2. The number of amides is 1. The largest absolute Gasteiger partial charge is 0.405 e. The van der Waals surface area contributed by atoms with E-state index in [1.165, 1.54) is 30.3 Å². The summed E-state index contributed by atoms with van der Waals surface area (Å²) in [7, 11) is -3.63. The summed E-state index contributed by atoms with van der Waals surface area (Å²) in [6, 6.07) is 12.2. The van der Waals surface area contributed by atoms with Gasteiger partial charge < -0.3 is 10.6 Å². The molecule has 0 aromatic heterocycles. The Bertz CT molecular complexity index is 895. The van der Waals surface area contributed by atoms with Gasteiger partial charge in [0, 0.05) is 6.42 Å². The lowest BCUT2D eigenvalue weighted by Gasteiger charge is -2.14.